The van der Waals surface area contributed by atoms with Gasteiger partial charge in [-0.3, -0.25) is 0 Å². The van der Waals surface area contributed by atoms with Crippen molar-refractivity contribution >= 4 is 15.9 Å². The van der Waals surface area contributed by atoms with Crippen molar-refractivity contribution in [3.05, 3.63) is 40.8 Å². The first-order chi connectivity index (χ1) is 10.5. The number of hydrogen-bond acceptors (Lipinski definition) is 4. The number of rotatable bonds is 4. The highest BCUT2D eigenvalue weighted by molar-refractivity contribution is 9.10. The molecule has 22 heavy (non-hydrogen) atoms. The molecule has 0 amide bonds. The Bertz CT molecular complexity index is 786. The molecule has 0 fully saturated rings. The van der Waals surface area contributed by atoms with Gasteiger partial charge in [-0.05, 0) is 30.7 Å². The molecule has 2 heterocycles. The maximum Gasteiger partial charge on any atom is 0.258 e. The largest absolute Gasteiger partial charge is 0.440 e. The molecule has 0 spiro atoms. The highest BCUT2D eigenvalue weighted by Crippen LogP contribution is 2.26. The summed E-state index contributed by atoms with van der Waals surface area (Å²) >= 11 is 3.42. The van der Waals surface area contributed by atoms with E-state index in [1.54, 1.807) is 0 Å². The summed E-state index contributed by atoms with van der Waals surface area (Å²) in [6.45, 7) is 1.37. The molecule has 0 saturated carbocycles. The van der Waals surface area contributed by atoms with E-state index >= 15 is 0 Å². The Labute approximate surface area is 133 Å². The van der Waals surface area contributed by atoms with Crippen molar-refractivity contribution < 1.29 is 13.2 Å². The maximum atomic E-state index is 12.7. The van der Waals surface area contributed by atoms with Crippen LogP contribution in [0.15, 0.2) is 39.7 Å². The second kappa shape index (κ2) is 5.96. The first-order valence-corrected chi connectivity index (χ1v) is 7.22. The third kappa shape index (κ3) is 2.92. The molecule has 0 N–H and O–H groups in total. The van der Waals surface area contributed by atoms with Crippen LogP contribution in [-0.2, 0) is 6.54 Å². The SMILES string of the molecule is Cc1cc(-c2nc(-c3cnco3)n(CC(F)F)n2)ccc1Br. The van der Waals surface area contributed by atoms with Crippen molar-refractivity contribution in [2.24, 2.45) is 0 Å². The number of benzene rings is 1. The third-order valence-corrected chi connectivity index (χ3v) is 3.94. The second-order valence-corrected chi connectivity index (χ2v) is 5.52. The zero-order chi connectivity index (χ0) is 15.7. The summed E-state index contributed by atoms with van der Waals surface area (Å²) in [5, 5.41) is 4.17. The first-order valence-electron chi connectivity index (χ1n) is 6.43. The van der Waals surface area contributed by atoms with Crippen LogP contribution in [0.5, 0.6) is 0 Å². The monoisotopic (exact) mass is 368 g/mol. The van der Waals surface area contributed by atoms with Crippen LogP contribution in [0, 0.1) is 6.92 Å². The smallest absolute Gasteiger partial charge is 0.258 e. The zero-order valence-corrected chi connectivity index (χ0v) is 13.1. The lowest BCUT2D eigenvalue weighted by molar-refractivity contribution is 0.122. The van der Waals surface area contributed by atoms with Gasteiger partial charge in [0.05, 0.1) is 6.20 Å². The van der Waals surface area contributed by atoms with Crippen LogP contribution in [0.3, 0.4) is 0 Å². The van der Waals surface area contributed by atoms with E-state index in [4.69, 9.17) is 4.42 Å². The summed E-state index contributed by atoms with van der Waals surface area (Å²) in [5.41, 5.74) is 1.75. The number of aromatic nitrogens is 4. The highest BCUT2D eigenvalue weighted by atomic mass is 79.9. The van der Waals surface area contributed by atoms with Gasteiger partial charge in [0.1, 0.15) is 6.54 Å². The van der Waals surface area contributed by atoms with Gasteiger partial charge in [-0.15, -0.1) is 0 Å². The standard InChI is InChI=1S/C14H11BrF2N4O/c1-8-4-9(2-3-10(8)15)13-19-14(11-5-18-7-22-11)21(20-13)6-12(16)17/h2-5,7,12H,6H2,1H3. The molecule has 3 aromatic rings. The van der Waals surface area contributed by atoms with Gasteiger partial charge >= 0.3 is 0 Å². The predicted octanol–water partition coefficient (Wildman–Crippen LogP) is 3.94. The Morgan fingerprint density at radius 3 is 2.82 bits per heavy atom. The Balaban J connectivity index is 2.07. The molecule has 0 aliphatic carbocycles. The number of nitrogens with zero attached hydrogens (tertiary/aromatic N) is 4. The van der Waals surface area contributed by atoms with E-state index in [2.05, 4.69) is 31.0 Å². The van der Waals surface area contributed by atoms with Gasteiger partial charge in [0.2, 0.25) is 0 Å². The van der Waals surface area contributed by atoms with Crippen molar-refractivity contribution in [3.8, 4) is 23.0 Å². The minimum atomic E-state index is -2.54. The van der Waals surface area contributed by atoms with E-state index in [1.807, 2.05) is 25.1 Å². The summed E-state index contributed by atoms with van der Waals surface area (Å²) in [7, 11) is 0. The van der Waals surface area contributed by atoms with Gasteiger partial charge in [0.15, 0.2) is 23.8 Å². The van der Waals surface area contributed by atoms with Crippen LogP contribution in [0.4, 0.5) is 8.78 Å². The number of alkyl halides is 2. The van der Waals surface area contributed by atoms with Crippen molar-refractivity contribution in [1.29, 1.82) is 0 Å². The normalized spacial score (nSPS) is 11.3. The number of hydrogen-bond donors (Lipinski definition) is 0. The first kappa shape index (κ1) is 14.8. The second-order valence-electron chi connectivity index (χ2n) is 4.66. The quantitative estimate of drug-likeness (QED) is 0.699. The Morgan fingerprint density at radius 2 is 2.18 bits per heavy atom. The number of aryl methyl sites for hydroxylation is 1. The molecule has 1 aromatic carbocycles. The Kier molecular flexibility index (Phi) is 4.02. The fourth-order valence-electron chi connectivity index (χ4n) is 2.01. The highest BCUT2D eigenvalue weighted by Gasteiger charge is 2.18. The third-order valence-electron chi connectivity index (χ3n) is 3.05. The lowest BCUT2D eigenvalue weighted by atomic mass is 10.1. The molecule has 0 unspecified atom stereocenters. The number of oxazole rings is 1. The summed E-state index contributed by atoms with van der Waals surface area (Å²) in [4.78, 5) is 8.10. The molecule has 0 saturated heterocycles. The lowest BCUT2D eigenvalue weighted by Crippen LogP contribution is -2.09. The van der Waals surface area contributed by atoms with E-state index in [0.29, 0.717) is 11.6 Å². The van der Waals surface area contributed by atoms with E-state index < -0.39 is 13.0 Å². The molecule has 8 heteroatoms. The predicted molar refractivity (Wildman–Crippen MR) is 79.4 cm³/mol. The fraction of sp³-hybridized carbons (Fsp3) is 0.214. The van der Waals surface area contributed by atoms with Gasteiger partial charge in [0, 0.05) is 10.0 Å². The van der Waals surface area contributed by atoms with Gasteiger partial charge in [-0.2, -0.15) is 5.10 Å². The van der Waals surface area contributed by atoms with Gasteiger partial charge in [0.25, 0.3) is 6.43 Å². The minimum Gasteiger partial charge on any atom is -0.440 e. The molecule has 0 aliphatic rings. The van der Waals surface area contributed by atoms with E-state index in [9.17, 15) is 8.78 Å². The van der Waals surface area contributed by atoms with E-state index in [1.165, 1.54) is 12.6 Å². The topological polar surface area (TPSA) is 56.7 Å². The number of halogens is 3. The van der Waals surface area contributed by atoms with Crippen LogP contribution in [-0.4, -0.2) is 26.2 Å². The average molecular weight is 369 g/mol. The molecule has 3 rings (SSSR count). The molecular formula is C14H11BrF2N4O. The minimum absolute atomic E-state index is 0.230. The fourth-order valence-corrected chi connectivity index (χ4v) is 2.26. The molecule has 114 valence electrons. The van der Waals surface area contributed by atoms with Crippen LogP contribution in [0.1, 0.15) is 5.56 Å². The Morgan fingerprint density at radius 1 is 1.36 bits per heavy atom. The van der Waals surface area contributed by atoms with Crippen LogP contribution < -0.4 is 0 Å². The van der Waals surface area contributed by atoms with Crippen molar-refractivity contribution in [2.45, 2.75) is 19.9 Å². The van der Waals surface area contributed by atoms with Gasteiger partial charge in [-0.25, -0.2) is 23.4 Å². The molecule has 0 radical (unpaired) electrons. The molecule has 0 atom stereocenters. The molecule has 0 aliphatic heterocycles. The average Bonchev–Trinajstić information content (AvgIpc) is 3.10. The van der Waals surface area contributed by atoms with Crippen LogP contribution in [0.2, 0.25) is 0 Å². The van der Waals surface area contributed by atoms with Crippen LogP contribution >= 0.6 is 15.9 Å². The molecular weight excluding hydrogens is 358 g/mol. The molecule has 5 nitrogen and oxygen atoms in total. The van der Waals surface area contributed by atoms with Crippen LogP contribution in [0.25, 0.3) is 23.0 Å². The van der Waals surface area contributed by atoms with E-state index in [-0.39, 0.29) is 5.82 Å². The van der Waals surface area contributed by atoms with Gasteiger partial charge in [-0.1, -0.05) is 15.9 Å². The summed E-state index contributed by atoms with van der Waals surface area (Å²) in [6.07, 6.45) is 0.103. The summed E-state index contributed by atoms with van der Waals surface area (Å²) < 4.78 is 32.7. The van der Waals surface area contributed by atoms with Crippen molar-refractivity contribution in [2.75, 3.05) is 0 Å². The van der Waals surface area contributed by atoms with E-state index in [0.717, 1.165) is 20.3 Å². The molecule has 2 aromatic heterocycles. The summed E-state index contributed by atoms with van der Waals surface area (Å²) in [6, 6.07) is 5.58. The Hall–Kier alpha value is -2.09. The van der Waals surface area contributed by atoms with Crippen molar-refractivity contribution in [1.82, 2.24) is 19.7 Å². The van der Waals surface area contributed by atoms with Gasteiger partial charge < -0.3 is 4.42 Å². The maximum absolute atomic E-state index is 12.7. The molecule has 0 bridgehead atoms. The zero-order valence-electron chi connectivity index (χ0n) is 11.5. The lowest BCUT2D eigenvalue weighted by Gasteiger charge is -2.02. The summed E-state index contributed by atoms with van der Waals surface area (Å²) in [5.74, 6) is 0.893. The van der Waals surface area contributed by atoms with Crippen molar-refractivity contribution in [3.63, 3.8) is 0 Å².